The third-order valence-electron chi connectivity index (χ3n) is 3.07. The fourth-order valence-corrected chi connectivity index (χ4v) is 2.16. The fourth-order valence-electron chi connectivity index (χ4n) is 2.16. The summed E-state index contributed by atoms with van der Waals surface area (Å²) in [5.74, 6) is -0.354. The first kappa shape index (κ1) is 12.9. The van der Waals surface area contributed by atoms with Crippen LogP contribution in [0.15, 0.2) is 0 Å². The van der Waals surface area contributed by atoms with Crippen molar-refractivity contribution in [1.82, 2.24) is 10.2 Å². The zero-order valence-electron chi connectivity index (χ0n) is 9.61. The molecular formula is C10H20N4O2. The Morgan fingerprint density at radius 1 is 1.50 bits per heavy atom. The molecule has 6 nitrogen and oxygen atoms in total. The van der Waals surface area contributed by atoms with E-state index >= 15 is 0 Å². The van der Waals surface area contributed by atoms with Gasteiger partial charge in [-0.3, -0.25) is 15.0 Å². The summed E-state index contributed by atoms with van der Waals surface area (Å²) in [6, 6.07) is -0.943. The van der Waals surface area contributed by atoms with Gasteiger partial charge in [-0.05, 0) is 26.3 Å². The first-order valence-electron chi connectivity index (χ1n) is 5.62. The topological polar surface area (TPSA) is 101 Å². The van der Waals surface area contributed by atoms with Gasteiger partial charge in [0.15, 0.2) is 0 Å². The standard InChI is InChI=1S/C10H20N4O2/c1-7(9(15)13-10(12)16)14-5-3-2-4-8(14)6-11/h7-8H,2-6,11H2,1H3,(H3,12,13,15,16). The number of carbonyl (C=O) groups is 2. The van der Waals surface area contributed by atoms with Gasteiger partial charge in [-0.2, -0.15) is 0 Å². The molecule has 0 aromatic heterocycles. The quantitative estimate of drug-likeness (QED) is 0.599. The van der Waals surface area contributed by atoms with Crippen molar-refractivity contribution in [2.24, 2.45) is 11.5 Å². The average molecular weight is 228 g/mol. The first-order valence-corrected chi connectivity index (χ1v) is 5.62. The van der Waals surface area contributed by atoms with Crippen molar-refractivity contribution in [3.8, 4) is 0 Å². The van der Waals surface area contributed by atoms with E-state index in [-0.39, 0.29) is 18.0 Å². The second kappa shape index (κ2) is 5.81. The fraction of sp³-hybridized carbons (Fsp3) is 0.800. The van der Waals surface area contributed by atoms with Crippen molar-refractivity contribution in [2.75, 3.05) is 13.1 Å². The van der Waals surface area contributed by atoms with E-state index in [1.165, 1.54) is 0 Å². The van der Waals surface area contributed by atoms with Gasteiger partial charge in [-0.1, -0.05) is 6.42 Å². The van der Waals surface area contributed by atoms with Crippen molar-refractivity contribution in [2.45, 2.75) is 38.3 Å². The summed E-state index contributed by atoms with van der Waals surface area (Å²) in [6.45, 7) is 3.15. The Kier molecular flexibility index (Phi) is 4.70. The smallest absolute Gasteiger partial charge is 0.318 e. The maximum atomic E-state index is 11.6. The highest BCUT2D eigenvalue weighted by atomic mass is 16.2. The molecule has 5 N–H and O–H groups in total. The molecule has 92 valence electrons. The van der Waals surface area contributed by atoms with Crippen LogP contribution in [-0.4, -0.2) is 42.0 Å². The predicted octanol–water partition coefficient (Wildman–Crippen LogP) is -0.617. The normalized spacial score (nSPS) is 23.8. The molecule has 2 unspecified atom stereocenters. The van der Waals surface area contributed by atoms with Crippen LogP contribution in [-0.2, 0) is 4.79 Å². The number of piperidine rings is 1. The van der Waals surface area contributed by atoms with E-state index in [0.717, 1.165) is 25.8 Å². The minimum Gasteiger partial charge on any atom is -0.351 e. The van der Waals surface area contributed by atoms with E-state index < -0.39 is 6.03 Å². The number of nitrogens with two attached hydrogens (primary N) is 2. The van der Waals surface area contributed by atoms with Crippen molar-refractivity contribution >= 4 is 11.9 Å². The molecule has 0 aliphatic carbocycles. The molecule has 1 fully saturated rings. The van der Waals surface area contributed by atoms with Crippen LogP contribution in [0.25, 0.3) is 0 Å². The van der Waals surface area contributed by atoms with E-state index in [9.17, 15) is 9.59 Å². The number of primary amides is 1. The number of carbonyl (C=O) groups excluding carboxylic acids is 2. The Bertz CT molecular complexity index is 270. The molecule has 0 bridgehead atoms. The molecule has 1 rings (SSSR count). The third-order valence-corrected chi connectivity index (χ3v) is 3.07. The van der Waals surface area contributed by atoms with Crippen molar-refractivity contribution in [1.29, 1.82) is 0 Å². The number of hydrogen-bond acceptors (Lipinski definition) is 4. The molecular weight excluding hydrogens is 208 g/mol. The summed E-state index contributed by atoms with van der Waals surface area (Å²) in [4.78, 5) is 24.3. The Morgan fingerprint density at radius 2 is 2.19 bits per heavy atom. The predicted molar refractivity (Wildman–Crippen MR) is 60.6 cm³/mol. The molecule has 3 amide bonds. The largest absolute Gasteiger partial charge is 0.351 e. The lowest BCUT2D eigenvalue weighted by Crippen LogP contribution is -2.55. The molecule has 0 aromatic carbocycles. The Hall–Kier alpha value is -1.14. The van der Waals surface area contributed by atoms with Crippen LogP contribution in [0.3, 0.4) is 0 Å². The van der Waals surface area contributed by atoms with E-state index in [1.807, 2.05) is 4.90 Å². The lowest BCUT2D eigenvalue weighted by Gasteiger charge is -2.38. The minimum absolute atomic E-state index is 0.224. The van der Waals surface area contributed by atoms with Crippen LogP contribution >= 0.6 is 0 Å². The molecule has 2 atom stereocenters. The van der Waals surface area contributed by atoms with Crippen LogP contribution in [0.5, 0.6) is 0 Å². The van der Waals surface area contributed by atoms with Gasteiger partial charge in [-0.15, -0.1) is 0 Å². The van der Waals surface area contributed by atoms with Gasteiger partial charge >= 0.3 is 6.03 Å². The summed E-state index contributed by atoms with van der Waals surface area (Å²) in [6.07, 6.45) is 3.21. The average Bonchev–Trinajstić information content (AvgIpc) is 2.27. The van der Waals surface area contributed by atoms with Crippen LogP contribution < -0.4 is 16.8 Å². The van der Waals surface area contributed by atoms with Gasteiger partial charge in [0.1, 0.15) is 0 Å². The third kappa shape index (κ3) is 3.18. The van der Waals surface area contributed by atoms with Gasteiger partial charge in [0.05, 0.1) is 6.04 Å². The molecule has 1 aliphatic heterocycles. The number of rotatable bonds is 3. The molecule has 1 heterocycles. The van der Waals surface area contributed by atoms with E-state index in [4.69, 9.17) is 11.5 Å². The van der Waals surface area contributed by atoms with Crippen LogP contribution in [0, 0.1) is 0 Å². The molecule has 1 aliphatic rings. The molecule has 0 radical (unpaired) electrons. The van der Waals surface area contributed by atoms with Gasteiger partial charge in [-0.25, -0.2) is 4.79 Å². The van der Waals surface area contributed by atoms with Gasteiger partial charge in [0, 0.05) is 12.6 Å². The van der Waals surface area contributed by atoms with Crippen molar-refractivity contribution in [3.05, 3.63) is 0 Å². The first-order chi connectivity index (χ1) is 7.56. The number of hydrogen-bond donors (Lipinski definition) is 3. The summed E-state index contributed by atoms with van der Waals surface area (Å²) >= 11 is 0. The lowest BCUT2D eigenvalue weighted by molar-refractivity contribution is -0.126. The van der Waals surface area contributed by atoms with E-state index in [0.29, 0.717) is 6.54 Å². The molecule has 0 aromatic rings. The second-order valence-corrected chi connectivity index (χ2v) is 4.15. The highest BCUT2D eigenvalue weighted by molar-refractivity contribution is 5.96. The molecule has 0 spiro atoms. The van der Waals surface area contributed by atoms with Crippen LogP contribution in [0.1, 0.15) is 26.2 Å². The highest BCUT2D eigenvalue weighted by Gasteiger charge is 2.29. The number of likely N-dealkylation sites (tertiary alicyclic amines) is 1. The monoisotopic (exact) mass is 228 g/mol. The zero-order valence-corrected chi connectivity index (χ0v) is 9.61. The minimum atomic E-state index is -0.807. The number of nitrogens with zero attached hydrogens (tertiary/aromatic N) is 1. The van der Waals surface area contributed by atoms with E-state index in [2.05, 4.69) is 5.32 Å². The summed E-state index contributed by atoms with van der Waals surface area (Å²) < 4.78 is 0. The Labute approximate surface area is 95.3 Å². The lowest BCUT2D eigenvalue weighted by atomic mass is 10.00. The van der Waals surface area contributed by atoms with Crippen molar-refractivity contribution < 1.29 is 9.59 Å². The zero-order chi connectivity index (χ0) is 12.1. The maximum absolute atomic E-state index is 11.6. The van der Waals surface area contributed by atoms with Crippen LogP contribution in [0.4, 0.5) is 4.79 Å². The highest BCUT2D eigenvalue weighted by Crippen LogP contribution is 2.18. The van der Waals surface area contributed by atoms with Gasteiger partial charge < -0.3 is 11.5 Å². The molecule has 6 heteroatoms. The van der Waals surface area contributed by atoms with Gasteiger partial charge in [0.25, 0.3) is 0 Å². The second-order valence-electron chi connectivity index (χ2n) is 4.15. The summed E-state index contributed by atoms with van der Waals surface area (Å²) in [7, 11) is 0. The number of imide groups is 1. The van der Waals surface area contributed by atoms with Crippen LogP contribution in [0.2, 0.25) is 0 Å². The Morgan fingerprint density at radius 3 is 2.75 bits per heavy atom. The van der Waals surface area contributed by atoms with E-state index in [1.54, 1.807) is 6.92 Å². The Balaban J connectivity index is 2.59. The number of nitrogens with one attached hydrogen (secondary N) is 1. The molecule has 16 heavy (non-hydrogen) atoms. The number of urea groups is 1. The van der Waals surface area contributed by atoms with Crippen molar-refractivity contribution in [3.63, 3.8) is 0 Å². The number of amides is 3. The maximum Gasteiger partial charge on any atom is 0.318 e. The molecule has 1 saturated heterocycles. The van der Waals surface area contributed by atoms with Gasteiger partial charge in [0.2, 0.25) is 5.91 Å². The molecule has 0 saturated carbocycles. The summed E-state index contributed by atoms with van der Waals surface area (Å²) in [5, 5.41) is 2.10. The SMILES string of the molecule is CC(C(=O)NC(N)=O)N1CCCCC1CN. The summed E-state index contributed by atoms with van der Waals surface area (Å²) in [5.41, 5.74) is 10.6.